The first-order valence-electron chi connectivity index (χ1n) is 8.93. The van der Waals surface area contributed by atoms with E-state index in [1.54, 1.807) is 0 Å². The van der Waals surface area contributed by atoms with E-state index in [0.717, 1.165) is 5.92 Å². The van der Waals surface area contributed by atoms with Crippen molar-refractivity contribution in [2.75, 3.05) is 0 Å². The van der Waals surface area contributed by atoms with Crippen LogP contribution >= 0.6 is 0 Å². The van der Waals surface area contributed by atoms with Crippen LogP contribution in [0.5, 0.6) is 0 Å². The molecule has 0 bridgehead atoms. The van der Waals surface area contributed by atoms with E-state index in [4.69, 9.17) is 0 Å². The van der Waals surface area contributed by atoms with E-state index in [0.29, 0.717) is 0 Å². The van der Waals surface area contributed by atoms with Gasteiger partial charge in [0, 0.05) is 0 Å². The van der Waals surface area contributed by atoms with Crippen molar-refractivity contribution in [3.05, 3.63) is 0 Å². The molecule has 116 valence electrons. The number of hydrogen-bond donors (Lipinski definition) is 1. The summed E-state index contributed by atoms with van der Waals surface area (Å²) in [5, 5.41) is 0. The van der Waals surface area contributed by atoms with Crippen molar-refractivity contribution >= 4 is 0 Å². The Morgan fingerprint density at radius 1 is 0.632 bits per heavy atom. The predicted molar refractivity (Wildman–Crippen MR) is 88.1 cm³/mol. The van der Waals surface area contributed by atoms with E-state index < -0.39 is 0 Å². The molecule has 0 unspecified atom stereocenters. The molecule has 0 aromatic rings. The fourth-order valence-corrected chi connectivity index (χ4v) is 3.40. The Labute approximate surface area is 122 Å². The second-order valence-corrected chi connectivity index (χ2v) is 6.47. The van der Waals surface area contributed by atoms with Crippen LogP contribution in [-0.2, 0) is 0 Å². The molecule has 19 heavy (non-hydrogen) atoms. The summed E-state index contributed by atoms with van der Waals surface area (Å²) in [5.41, 5.74) is 0. The summed E-state index contributed by atoms with van der Waals surface area (Å²) in [5.74, 6) is 1.08. The van der Waals surface area contributed by atoms with Crippen LogP contribution in [0.3, 0.4) is 0 Å². The first kappa shape index (κ1) is 19.0. The monoisotopic (exact) mass is 269 g/mol. The molecule has 0 radical (unpaired) electrons. The molecular formula is C18H39N. The van der Waals surface area contributed by atoms with Gasteiger partial charge in [-0.15, -0.1) is 0 Å². The summed E-state index contributed by atoms with van der Waals surface area (Å²) in [6, 6.07) is 0. The van der Waals surface area contributed by atoms with E-state index in [2.05, 4.69) is 6.92 Å². The second kappa shape index (κ2) is 14.4. The molecular weight excluding hydrogens is 230 g/mol. The van der Waals surface area contributed by atoms with Crippen molar-refractivity contribution < 1.29 is 0 Å². The lowest BCUT2D eigenvalue weighted by Crippen LogP contribution is -2.02. The highest BCUT2D eigenvalue weighted by molar-refractivity contribution is 4.63. The van der Waals surface area contributed by atoms with Gasteiger partial charge >= 0.3 is 0 Å². The Balaban J connectivity index is 0.00000324. The number of rotatable bonds is 7. The Hall–Kier alpha value is -0.0400. The van der Waals surface area contributed by atoms with Gasteiger partial charge < -0.3 is 6.15 Å². The van der Waals surface area contributed by atoms with Gasteiger partial charge in [-0.1, -0.05) is 110 Å². The molecule has 0 atom stereocenters. The van der Waals surface area contributed by atoms with Crippen LogP contribution in [0, 0.1) is 5.92 Å². The summed E-state index contributed by atoms with van der Waals surface area (Å²) < 4.78 is 0. The van der Waals surface area contributed by atoms with Gasteiger partial charge in [0.2, 0.25) is 0 Å². The van der Waals surface area contributed by atoms with Crippen molar-refractivity contribution in [2.45, 2.75) is 110 Å². The lowest BCUT2D eigenvalue weighted by atomic mass is 9.88. The smallest absolute Gasteiger partial charge is 0.0414 e. The molecule has 0 saturated heterocycles. The standard InChI is InChI=1S/C18H36.H3N/c1-2-3-4-5-9-12-15-18-16-13-10-7-6-8-11-14-17-18;/h18H,2-17H2,1H3;1H3. The van der Waals surface area contributed by atoms with Crippen molar-refractivity contribution in [1.29, 1.82) is 0 Å². The van der Waals surface area contributed by atoms with Gasteiger partial charge in [0.15, 0.2) is 0 Å². The minimum absolute atomic E-state index is 0. The molecule has 0 amide bonds. The second-order valence-electron chi connectivity index (χ2n) is 6.47. The first-order chi connectivity index (χ1) is 8.93. The van der Waals surface area contributed by atoms with Gasteiger partial charge in [0.05, 0.1) is 0 Å². The summed E-state index contributed by atoms with van der Waals surface area (Å²) in [6.07, 6.45) is 23.9. The van der Waals surface area contributed by atoms with E-state index in [1.807, 2.05) is 0 Å². The summed E-state index contributed by atoms with van der Waals surface area (Å²) >= 11 is 0. The number of unbranched alkanes of at least 4 members (excludes halogenated alkanes) is 5. The van der Waals surface area contributed by atoms with Gasteiger partial charge in [-0.25, -0.2) is 0 Å². The quantitative estimate of drug-likeness (QED) is 0.494. The highest BCUT2D eigenvalue weighted by Crippen LogP contribution is 2.25. The van der Waals surface area contributed by atoms with E-state index in [1.165, 1.54) is 103 Å². The van der Waals surface area contributed by atoms with Crippen LogP contribution < -0.4 is 6.15 Å². The third-order valence-corrected chi connectivity index (χ3v) is 4.69. The molecule has 0 heterocycles. The molecule has 0 aromatic carbocycles. The maximum absolute atomic E-state index is 2.31. The zero-order valence-electron chi connectivity index (χ0n) is 13.6. The van der Waals surface area contributed by atoms with Crippen molar-refractivity contribution in [2.24, 2.45) is 5.92 Å². The topological polar surface area (TPSA) is 35.0 Å². The average Bonchev–Trinajstić information content (AvgIpc) is 2.41. The molecule has 0 aliphatic heterocycles. The lowest BCUT2D eigenvalue weighted by molar-refractivity contribution is 0.356. The minimum atomic E-state index is 0. The maximum atomic E-state index is 2.31. The van der Waals surface area contributed by atoms with Crippen LogP contribution in [-0.4, -0.2) is 0 Å². The molecule has 1 aliphatic rings. The molecule has 1 aliphatic carbocycles. The molecule has 1 nitrogen and oxygen atoms in total. The highest BCUT2D eigenvalue weighted by atomic mass is 14.2. The zero-order valence-corrected chi connectivity index (χ0v) is 13.6. The largest absolute Gasteiger partial charge is 0.344 e. The normalized spacial score (nSPS) is 18.8. The minimum Gasteiger partial charge on any atom is -0.344 e. The Morgan fingerprint density at radius 2 is 1.11 bits per heavy atom. The Bertz CT molecular complexity index is 157. The Morgan fingerprint density at radius 3 is 1.68 bits per heavy atom. The van der Waals surface area contributed by atoms with Crippen LogP contribution in [0.4, 0.5) is 0 Å². The summed E-state index contributed by atoms with van der Waals surface area (Å²) in [7, 11) is 0. The van der Waals surface area contributed by atoms with Gasteiger partial charge in [-0.3, -0.25) is 0 Å². The average molecular weight is 270 g/mol. The molecule has 1 saturated carbocycles. The molecule has 0 spiro atoms. The van der Waals surface area contributed by atoms with Gasteiger partial charge in [0.1, 0.15) is 0 Å². The van der Waals surface area contributed by atoms with Crippen LogP contribution in [0.25, 0.3) is 0 Å². The highest BCUT2D eigenvalue weighted by Gasteiger charge is 2.09. The summed E-state index contributed by atoms with van der Waals surface area (Å²) in [6.45, 7) is 2.31. The lowest BCUT2D eigenvalue weighted by Gasteiger charge is -2.18. The fraction of sp³-hybridized carbons (Fsp3) is 1.00. The maximum Gasteiger partial charge on any atom is -0.0414 e. The van der Waals surface area contributed by atoms with Crippen LogP contribution in [0.2, 0.25) is 0 Å². The third kappa shape index (κ3) is 11.5. The van der Waals surface area contributed by atoms with E-state index in [9.17, 15) is 0 Å². The van der Waals surface area contributed by atoms with Crippen molar-refractivity contribution in [3.8, 4) is 0 Å². The van der Waals surface area contributed by atoms with Crippen molar-refractivity contribution in [3.63, 3.8) is 0 Å². The van der Waals surface area contributed by atoms with Crippen LogP contribution in [0.15, 0.2) is 0 Å². The zero-order chi connectivity index (χ0) is 12.9. The SMILES string of the molecule is CCCCCCCCC1CCCCCCCCC1.N. The molecule has 1 heteroatoms. The summed E-state index contributed by atoms with van der Waals surface area (Å²) in [4.78, 5) is 0. The van der Waals surface area contributed by atoms with Gasteiger partial charge in [-0.05, 0) is 5.92 Å². The van der Waals surface area contributed by atoms with E-state index >= 15 is 0 Å². The first-order valence-corrected chi connectivity index (χ1v) is 8.93. The number of hydrogen-bond acceptors (Lipinski definition) is 1. The van der Waals surface area contributed by atoms with Crippen LogP contribution in [0.1, 0.15) is 110 Å². The van der Waals surface area contributed by atoms with Gasteiger partial charge in [-0.2, -0.15) is 0 Å². The fourth-order valence-electron chi connectivity index (χ4n) is 3.40. The molecule has 0 aromatic heterocycles. The molecule has 3 N–H and O–H groups in total. The third-order valence-electron chi connectivity index (χ3n) is 4.69. The predicted octanol–water partition coefficient (Wildman–Crippen LogP) is 7.04. The molecule has 1 fully saturated rings. The van der Waals surface area contributed by atoms with Gasteiger partial charge in [0.25, 0.3) is 0 Å². The molecule has 1 rings (SSSR count). The van der Waals surface area contributed by atoms with Crippen molar-refractivity contribution in [1.82, 2.24) is 6.15 Å². The van der Waals surface area contributed by atoms with E-state index in [-0.39, 0.29) is 6.15 Å². The Kier molecular flexibility index (Phi) is 14.3.